The molecule has 72 valence electrons. The van der Waals surface area contributed by atoms with Gasteiger partial charge in [-0.05, 0) is 12.8 Å². The van der Waals surface area contributed by atoms with E-state index in [0.29, 0.717) is 12.8 Å². The summed E-state index contributed by atoms with van der Waals surface area (Å²) in [5, 5.41) is 0. The average Bonchev–Trinajstić information content (AvgIpc) is 2.02. The van der Waals surface area contributed by atoms with E-state index in [-0.39, 0.29) is 0 Å². The highest BCUT2D eigenvalue weighted by molar-refractivity contribution is 7.53. The lowest BCUT2D eigenvalue weighted by molar-refractivity contribution is 0.250. The van der Waals surface area contributed by atoms with Crippen LogP contribution in [0.4, 0.5) is 0 Å². The van der Waals surface area contributed by atoms with Crippen LogP contribution in [0, 0.1) is 0 Å². The highest BCUT2D eigenvalue weighted by Gasteiger charge is 2.22. The summed E-state index contributed by atoms with van der Waals surface area (Å²) in [5.74, 6) is 0. The first-order valence-electron chi connectivity index (χ1n) is 4.21. The minimum absolute atomic E-state index is 0.457. The molecule has 0 N–H and O–H groups in total. The Bertz CT molecular complexity index is 168. The maximum Gasteiger partial charge on any atom is 0.378 e. The highest BCUT2D eigenvalue weighted by atomic mass is 31.2. The molecule has 1 atom stereocenters. The Morgan fingerprint density at radius 3 is 2.50 bits per heavy atom. The second kappa shape index (κ2) is 6.27. The zero-order chi connectivity index (χ0) is 9.45. The van der Waals surface area contributed by atoms with Crippen molar-refractivity contribution in [3.05, 3.63) is 12.8 Å². The van der Waals surface area contributed by atoms with Crippen LogP contribution in [0.1, 0.15) is 26.7 Å². The second-order valence-corrected chi connectivity index (χ2v) is 4.58. The second-order valence-electron chi connectivity index (χ2n) is 2.44. The van der Waals surface area contributed by atoms with Gasteiger partial charge in [-0.1, -0.05) is 20.4 Å². The maximum absolute atomic E-state index is 11.7. The van der Waals surface area contributed by atoms with E-state index in [9.17, 15) is 4.57 Å². The molecule has 0 fully saturated rings. The van der Waals surface area contributed by atoms with Crippen molar-refractivity contribution in [1.82, 2.24) is 0 Å². The van der Waals surface area contributed by atoms with Gasteiger partial charge in [0.25, 0.3) is 0 Å². The molecule has 0 aliphatic carbocycles. The van der Waals surface area contributed by atoms with E-state index in [2.05, 4.69) is 6.58 Å². The fraction of sp³-hybridized carbons (Fsp3) is 0.750. The summed E-state index contributed by atoms with van der Waals surface area (Å²) < 4.78 is 21.6. The van der Waals surface area contributed by atoms with Gasteiger partial charge in [0.15, 0.2) is 0 Å². The van der Waals surface area contributed by atoms with Crippen LogP contribution in [0.5, 0.6) is 0 Å². The molecule has 0 spiro atoms. The topological polar surface area (TPSA) is 35.5 Å². The van der Waals surface area contributed by atoms with Crippen LogP contribution in [0.2, 0.25) is 0 Å². The number of hydrogen-bond donors (Lipinski definition) is 0. The Labute approximate surface area is 74.3 Å². The quantitative estimate of drug-likeness (QED) is 0.459. The predicted molar refractivity (Wildman–Crippen MR) is 50.3 cm³/mol. The van der Waals surface area contributed by atoms with Crippen molar-refractivity contribution in [2.75, 3.05) is 12.8 Å². The minimum atomic E-state index is -2.85. The van der Waals surface area contributed by atoms with Crippen LogP contribution in [-0.2, 0) is 13.6 Å². The Morgan fingerprint density at radius 1 is 1.42 bits per heavy atom. The largest absolute Gasteiger partial charge is 0.433 e. The molecule has 0 radical (unpaired) electrons. The van der Waals surface area contributed by atoms with Gasteiger partial charge in [-0.2, -0.15) is 0 Å². The molecule has 0 aliphatic heterocycles. The van der Waals surface area contributed by atoms with Gasteiger partial charge in [-0.15, -0.1) is 0 Å². The number of rotatable bonds is 7. The first-order chi connectivity index (χ1) is 5.68. The van der Waals surface area contributed by atoms with E-state index < -0.39 is 7.60 Å². The first-order valence-corrected chi connectivity index (χ1v) is 5.94. The van der Waals surface area contributed by atoms with Gasteiger partial charge in [-0.25, -0.2) is 4.57 Å². The molecule has 0 saturated carbocycles. The first kappa shape index (κ1) is 11.7. The third-order valence-corrected chi connectivity index (χ3v) is 3.27. The summed E-state index contributed by atoms with van der Waals surface area (Å²) in [7, 11) is -2.85. The molecule has 1 unspecified atom stereocenters. The molecule has 0 heterocycles. The summed E-state index contributed by atoms with van der Waals surface area (Å²) in [6.45, 7) is 7.74. The van der Waals surface area contributed by atoms with Crippen molar-refractivity contribution < 1.29 is 13.6 Å². The molecule has 4 heteroatoms. The van der Waals surface area contributed by atoms with E-state index in [1.165, 1.54) is 6.26 Å². The van der Waals surface area contributed by atoms with Crippen molar-refractivity contribution in [2.24, 2.45) is 0 Å². The Morgan fingerprint density at radius 2 is 2.08 bits per heavy atom. The third kappa shape index (κ3) is 4.58. The van der Waals surface area contributed by atoms with Crippen LogP contribution in [0.15, 0.2) is 12.8 Å². The van der Waals surface area contributed by atoms with Gasteiger partial charge in [-0.3, -0.25) is 4.52 Å². The van der Waals surface area contributed by atoms with Crippen LogP contribution < -0.4 is 0 Å². The smallest absolute Gasteiger partial charge is 0.378 e. The molecule has 0 bridgehead atoms. The normalized spacial score (nSPS) is 15.2. The Kier molecular flexibility index (Phi) is 6.13. The predicted octanol–water partition coefficient (Wildman–Crippen LogP) is 3.18. The zero-order valence-electron chi connectivity index (χ0n) is 7.78. The van der Waals surface area contributed by atoms with Crippen LogP contribution >= 0.6 is 7.60 Å². The van der Waals surface area contributed by atoms with Crippen LogP contribution in [-0.4, -0.2) is 12.8 Å². The zero-order valence-corrected chi connectivity index (χ0v) is 8.68. The van der Waals surface area contributed by atoms with Gasteiger partial charge >= 0.3 is 7.60 Å². The van der Waals surface area contributed by atoms with Crippen molar-refractivity contribution in [2.45, 2.75) is 26.7 Å². The molecular weight excluding hydrogens is 175 g/mol. The summed E-state index contributed by atoms with van der Waals surface area (Å²) in [5.41, 5.74) is 0. The van der Waals surface area contributed by atoms with Gasteiger partial charge in [0.05, 0.1) is 19.0 Å². The van der Waals surface area contributed by atoms with Crippen molar-refractivity contribution in [3.8, 4) is 0 Å². The Balaban J connectivity index is 3.98. The fourth-order valence-corrected chi connectivity index (χ4v) is 2.30. The average molecular weight is 192 g/mol. The van der Waals surface area contributed by atoms with E-state index in [0.717, 1.165) is 12.8 Å². The number of hydrogen-bond acceptors (Lipinski definition) is 3. The summed E-state index contributed by atoms with van der Waals surface area (Å²) in [6, 6.07) is 0. The lowest BCUT2D eigenvalue weighted by atomic mass is 10.5. The maximum atomic E-state index is 11.7. The molecule has 0 aliphatic rings. The molecule has 0 aromatic heterocycles. The van der Waals surface area contributed by atoms with E-state index in [4.69, 9.17) is 9.05 Å². The lowest BCUT2D eigenvalue weighted by Gasteiger charge is -2.15. The summed E-state index contributed by atoms with van der Waals surface area (Å²) in [6.07, 6.45) is 3.27. The van der Waals surface area contributed by atoms with Gasteiger partial charge in [0.2, 0.25) is 0 Å². The molecule has 3 nitrogen and oxygen atoms in total. The minimum Gasteiger partial charge on any atom is -0.433 e. The van der Waals surface area contributed by atoms with Crippen LogP contribution in [0.3, 0.4) is 0 Å². The van der Waals surface area contributed by atoms with Crippen molar-refractivity contribution >= 4 is 7.60 Å². The summed E-state index contributed by atoms with van der Waals surface area (Å²) >= 11 is 0. The molecule has 0 amide bonds. The van der Waals surface area contributed by atoms with Crippen molar-refractivity contribution in [3.63, 3.8) is 0 Å². The van der Waals surface area contributed by atoms with Gasteiger partial charge < -0.3 is 4.52 Å². The molecule has 12 heavy (non-hydrogen) atoms. The third-order valence-electron chi connectivity index (χ3n) is 1.22. The van der Waals surface area contributed by atoms with Crippen LogP contribution in [0.25, 0.3) is 0 Å². The molecule has 0 aromatic rings. The molecule has 0 aromatic carbocycles. The lowest BCUT2D eigenvalue weighted by Crippen LogP contribution is -1.97. The summed E-state index contributed by atoms with van der Waals surface area (Å²) in [4.78, 5) is 0. The van der Waals surface area contributed by atoms with E-state index in [1.54, 1.807) is 0 Å². The standard InChI is InChI=1S/C8H17O3P/c1-4-7-11-12(9,8-5-2)10-6-3/h6H,3-5,7-8H2,1-2H3. The van der Waals surface area contributed by atoms with Gasteiger partial charge in [0.1, 0.15) is 0 Å². The Hall–Kier alpha value is -0.270. The molecular formula is C8H17O3P. The molecule has 0 rings (SSSR count). The highest BCUT2D eigenvalue weighted by Crippen LogP contribution is 2.48. The van der Waals surface area contributed by atoms with E-state index in [1.807, 2.05) is 13.8 Å². The van der Waals surface area contributed by atoms with E-state index >= 15 is 0 Å². The fourth-order valence-electron chi connectivity index (χ4n) is 0.765. The van der Waals surface area contributed by atoms with Crippen molar-refractivity contribution in [1.29, 1.82) is 0 Å². The monoisotopic (exact) mass is 192 g/mol. The SMILES string of the molecule is C=COP(=O)(CCC)OCCC. The molecule has 0 saturated heterocycles. The van der Waals surface area contributed by atoms with Gasteiger partial charge in [0, 0.05) is 0 Å².